The first-order chi connectivity index (χ1) is 9.63. The van der Waals surface area contributed by atoms with Crippen molar-refractivity contribution in [1.82, 2.24) is 9.80 Å². The maximum atomic E-state index is 12.1. The number of nitrogens with zero attached hydrogens (tertiary/aromatic N) is 2. The molecule has 0 aliphatic carbocycles. The van der Waals surface area contributed by atoms with Crippen LogP contribution in [0.1, 0.15) is 37.8 Å². The van der Waals surface area contributed by atoms with E-state index in [4.69, 9.17) is 0 Å². The van der Waals surface area contributed by atoms with Gasteiger partial charge in [0.05, 0.1) is 0 Å². The molecule has 0 N–H and O–H groups in total. The van der Waals surface area contributed by atoms with Crippen LogP contribution in [0, 0.1) is 6.92 Å². The summed E-state index contributed by atoms with van der Waals surface area (Å²) >= 11 is 0. The lowest BCUT2D eigenvalue weighted by molar-refractivity contribution is -0.129. The summed E-state index contributed by atoms with van der Waals surface area (Å²) in [6.07, 6.45) is 1.71. The second-order valence-corrected chi connectivity index (χ2v) is 5.69. The molecule has 20 heavy (non-hydrogen) atoms. The van der Waals surface area contributed by atoms with Crippen molar-refractivity contribution in [3.63, 3.8) is 0 Å². The summed E-state index contributed by atoms with van der Waals surface area (Å²) in [5, 5.41) is 0. The van der Waals surface area contributed by atoms with E-state index in [-0.39, 0.29) is 0 Å². The highest BCUT2D eigenvalue weighted by molar-refractivity contribution is 5.78. The number of benzene rings is 1. The van der Waals surface area contributed by atoms with Crippen LogP contribution < -0.4 is 0 Å². The van der Waals surface area contributed by atoms with Crippen molar-refractivity contribution < 1.29 is 4.79 Å². The van der Waals surface area contributed by atoms with Gasteiger partial charge in [-0.05, 0) is 32.0 Å². The van der Waals surface area contributed by atoms with Crippen molar-refractivity contribution in [2.75, 3.05) is 19.6 Å². The van der Waals surface area contributed by atoms with Gasteiger partial charge in [-0.25, -0.2) is 0 Å². The molecule has 1 heterocycles. The molecular weight excluding hydrogens is 248 g/mol. The molecule has 1 fully saturated rings. The van der Waals surface area contributed by atoms with Gasteiger partial charge in [0.1, 0.15) is 0 Å². The SMILES string of the molecule is CCN(CC)CC1CCC(=O)N1Cc1ccc(C)cc1. The topological polar surface area (TPSA) is 23.6 Å². The molecule has 0 saturated carbocycles. The van der Waals surface area contributed by atoms with Crippen molar-refractivity contribution in [1.29, 1.82) is 0 Å². The number of likely N-dealkylation sites (tertiary alicyclic amines) is 1. The Morgan fingerprint density at radius 1 is 1.20 bits per heavy atom. The van der Waals surface area contributed by atoms with Crippen LogP contribution >= 0.6 is 0 Å². The van der Waals surface area contributed by atoms with E-state index in [1.165, 1.54) is 11.1 Å². The Morgan fingerprint density at radius 3 is 2.45 bits per heavy atom. The molecule has 1 saturated heterocycles. The Kier molecular flexibility index (Phi) is 5.18. The lowest BCUT2D eigenvalue weighted by atomic mass is 10.1. The lowest BCUT2D eigenvalue weighted by Gasteiger charge is -2.29. The minimum absolute atomic E-state index is 0.308. The highest BCUT2D eigenvalue weighted by Gasteiger charge is 2.31. The predicted octanol–water partition coefficient (Wildman–Crippen LogP) is 2.83. The highest BCUT2D eigenvalue weighted by atomic mass is 16.2. The van der Waals surface area contributed by atoms with Crippen LogP contribution in [0.3, 0.4) is 0 Å². The molecule has 3 heteroatoms. The van der Waals surface area contributed by atoms with Gasteiger partial charge in [-0.2, -0.15) is 0 Å². The largest absolute Gasteiger partial charge is 0.334 e. The van der Waals surface area contributed by atoms with Crippen molar-refractivity contribution >= 4 is 5.91 Å². The maximum Gasteiger partial charge on any atom is 0.223 e. The molecule has 1 amide bonds. The Hall–Kier alpha value is -1.35. The van der Waals surface area contributed by atoms with Crippen LogP contribution in [0.25, 0.3) is 0 Å². The highest BCUT2D eigenvalue weighted by Crippen LogP contribution is 2.22. The van der Waals surface area contributed by atoms with Crippen LogP contribution in [0.2, 0.25) is 0 Å². The molecule has 0 spiro atoms. The molecule has 110 valence electrons. The van der Waals surface area contributed by atoms with Gasteiger partial charge in [0.2, 0.25) is 5.91 Å². The first-order valence-electron chi connectivity index (χ1n) is 7.71. The fraction of sp³-hybridized carbons (Fsp3) is 0.588. The van der Waals surface area contributed by atoms with Gasteiger partial charge in [0.15, 0.2) is 0 Å². The molecule has 0 radical (unpaired) electrons. The number of aryl methyl sites for hydroxylation is 1. The first kappa shape index (κ1) is 15.0. The summed E-state index contributed by atoms with van der Waals surface area (Å²) in [6, 6.07) is 8.89. The number of carbonyl (C=O) groups is 1. The summed E-state index contributed by atoms with van der Waals surface area (Å²) < 4.78 is 0. The van der Waals surface area contributed by atoms with E-state index in [2.05, 4.69) is 54.8 Å². The fourth-order valence-electron chi connectivity index (χ4n) is 2.87. The summed E-state index contributed by atoms with van der Waals surface area (Å²) in [5.74, 6) is 0.308. The monoisotopic (exact) mass is 274 g/mol. The smallest absolute Gasteiger partial charge is 0.223 e. The standard InChI is InChI=1S/C17H26N2O/c1-4-18(5-2)13-16-10-11-17(20)19(16)12-15-8-6-14(3)7-9-15/h6-9,16H,4-5,10-13H2,1-3H3. The number of hydrogen-bond donors (Lipinski definition) is 0. The van der Waals surface area contributed by atoms with Gasteiger partial charge >= 0.3 is 0 Å². The molecule has 0 aromatic heterocycles. The van der Waals surface area contributed by atoms with Gasteiger partial charge in [-0.1, -0.05) is 43.7 Å². The fourth-order valence-corrected chi connectivity index (χ4v) is 2.87. The molecule has 1 aromatic carbocycles. The Morgan fingerprint density at radius 2 is 1.85 bits per heavy atom. The van der Waals surface area contributed by atoms with Crippen LogP contribution in [0.15, 0.2) is 24.3 Å². The molecular formula is C17H26N2O. The van der Waals surface area contributed by atoms with Gasteiger partial charge in [0.25, 0.3) is 0 Å². The molecule has 2 rings (SSSR count). The van der Waals surface area contributed by atoms with Crippen molar-refractivity contribution in [3.8, 4) is 0 Å². The number of carbonyl (C=O) groups excluding carboxylic acids is 1. The summed E-state index contributed by atoms with van der Waals surface area (Å²) in [5.41, 5.74) is 2.50. The zero-order valence-corrected chi connectivity index (χ0v) is 12.9. The molecule has 1 aliphatic rings. The first-order valence-corrected chi connectivity index (χ1v) is 7.71. The van der Waals surface area contributed by atoms with Crippen LogP contribution in [-0.4, -0.2) is 41.4 Å². The predicted molar refractivity (Wildman–Crippen MR) is 82.5 cm³/mol. The van der Waals surface area contributed by atoms with E-state index < -0.39 is 0 Å². The summed E-state index contributed by atoms with van der Waals surface area (Å²) in [6.45, 7) is 10.3. The number of amides is 1. The van der Waals surface area contributed by atoms with Gasteiger partial charge in [-0.3, -0.25) is 4.79 Å². The number of rotatable bonds is 6. The van der Waals surface area contributed by atoms with E-state index >= 15 is 0 Å². The third kappa shape index (κ3) is 3.60. The number of likely N-dealkylation sites (N-methyl/N-ethyl adjacent to an activating group) is 1. The Labute approximate surface area is 122 Å². The van der Waals surface area contributed by atoms with E-state index in [0.29, 0.717) is 18.4 Å². The molecule has 1 atom stereocenters. The minimum atomic E-state index is 0.308. The van der Waals surface area contributed by atoms with Crippen molar-refractivity contribution in [2.45, 2.75) is 46.2 Å². The third-order valence-corrected chi connectivity index (χ3v) is 4.29. The quantitative estimate of drug-likeness (QED) is 0.796. The van der Waals surface area contributed by atoms with Crippen LogP contribution in [-0.2, 0) is 11.3 Å². The molecule has 3 nitrogen and oxygen atoms in total. The van der Waals surface area contributed by atoms with Crippen molar-refractivity contribution in [2.24, 2.45) is 0 Å². The minimum Gasteiger partial charge on any atom is -0.334 e. The van der Waals surface area contributed by atoms with Gasteiger partial charge in [0, 0.05) is 25.6 Å². The average Bonchev–Trinajstić information content (AvgIpc) is 2.79. The molecule has 0 bridgehead atoms. The molecule has 1 aliphatic heterocycles. The van der Waals surface area contributed by atoms with Gasteiger partial charge < -0.3 is 9.80 Å². The zero-order chi connectivity index (χ0) is 14.5. The van der Waals surface area contributed by atoms with E-state index in [0.717, 1.165) is 32.6 Å². The van der Waals surface area contributed by atoms with Crippen LogP contribution in [0.4, 0.5) is 0 Å². The number of hydrogen-bond acceptors (Lipinski definition) is 2. The summed E-state index contributed by atoms with van der Waals surface area (Å²) in [4.78, 5) is 16.6. The molecule has 1 unspecified atom stereocenters. The van der Waals surface area contributed by atoms with E-state index in [9.17, 15) is 4.79 Å². The average molecular weight is 274 g/mol. The van der Waals surface area contributed by atoms with E-state index in [1.807, 2.05) is 0 Å². The van der Waals surface area contributed by atoms with Crippen molar-refractivity contribution in [3.05, 3.63) is 35.4 Å². The summed E-state index contributed by atoms with van der Waals surface area (Å²) in [7, 11) is 0. The second kappa shape index (κ2) is 6.89. The maximum absolute atomic E-state index is 12.1. The van der Waals surface area contributed by atoms with E-state index in [1.54, 1.807) is 0 Å². The zero-order valence-electron chi connectivity index (χ0n) is 12.9. The van der Waals surface area contributed by atoms with Crippen LogP contribution in [0.5, 0.6) is 0 Å². The lowest BCUT2D eigenvalue weighted by Crippen LogP contribution is -2.41. The molecule has 1 aromatic rings. The Balaban J connectivity index is 2.02. The third-order valence-electron chi connectivity index (χ3n) is 4.29. The normalized spacial score (nSPS) is 19.1. The van der Waals surface area contributed by atoms with Gasteiger partial charge in [-0.15, -0.1) is 0 Å². The Bertz CT molecular complexity index is 437. The second-order valence-electron chi connectivity index (χ2n) is 5.69.